The van der Waals surface area contributed by atoms with Crippen molar-refractivity contribution in [2.45, 2.75) is 13.3 Å². The van der Waals surface area contributed by atoms with Crippen molar-refractivity contribution in [1.29, 1.82) is 0 Å². The van der Waals surface area contributed by atoms with E-state index in [9.17, 15) is 9.59 Å². The summed E-state index contributed by atoms with van der Waals surface area (Å²) in [6, 6.07) is 9.36. The molecule has 3 nitrogen and oxygen atoms in total. The van der Waals surface area contributed by atoms with Gasteiger partial charge in [0.25, 0.3) is 0 Å². The average Bonchev–Trinajstić information content (AvgIpc) is 2.35. The van der Waals surface area contributed by atoms with E-state index in [1.807, 2.05) is 37.3 Å². The molecular weight excluding hydrogens is 214 g/mol. The Kier molecular flexibility index (Phi) is 3.19. The number of hydrogen-bond acceptors (Lipinski definition) is 3. The van der Waals surface area contributed by atoms with Crippen molar-refractivity contribution < 1.29 is 9.59 Å². The third-order valence-electron chi connectivity index (χ3n) is 2.63. The third kappa shape index (κ3) is 2.33. The average molecular weight is 227 g/mol. The maximum Gasteiger partial charge on any atom is 0.202 e. The van der Waals surface area contributed by atoms with Crippen LogP contribution in [0, 0.1) is 0 Å². The van der Waals surface area contributed by atoms with Crippen molar-refractivity contribution in [1.82, 2.24) is 0 Å². The Bertz CT molecular complexity index is 512. The Balaban J connectivity index is 2.34. The predicted molar refractivity (Wildman–Crippen MR) is 66.5 cm³/mol. The molecule has 0 unspecified atom stereocenters. The Morgan fingerprint density at radius 2 is 1.65 bits per heavy atom. The lowest BCUT2D eigenvalue weighted by Gasteiger charge is -2.15. The summed E-state index contributed by atoms with van der Waals surface area (Å²) in [6.45, 7) is 1.87. The highest BCUT2D eigenvalue weighted by Crippen LogP contribution is 2.19. The van der Waals surface area contributed by atoms with E-state index in [2.05, 4.69) is 5.32 Å². The van der Waals surface area contributed by atoms with E-state index in [1.54, 1.807) is 0 Å². The Hall–Kier alpha value is -2.16. The van der Waals surface area contributed by atoms with Crippen LogP contribution in [-0.4, -0.2) is 11.6 Å². The highest BCUT2D eigenvalue weighted by molar-refractivity contribution is 6.21. The minimum absolute atomic E-state index is 0.0921. The van der Waals surface area contributed by atoms with Crippen molar-refractivity contribution in [2.24, 2.45) is 0 Å². The molecule has 0 saturated carbocycles. The lowest BCUT2D eigenvalue weighted by Crippen LogP contribution is -2.19. The van der Waals surface area contributed by atoms with E-state index in [0.29, 0.717) is 17.7 Å². The van der Waals surface area contributed by atoms with Gasteiger partial charge in [-0.2, -0.15) is 0 Å². The Morgan fingerprint density at radius 3 is 2.29 bits per heavy atom. The summed E-state index contributed by atoms with van der Waals surface area (Å²) in [5.41, 5.74) is 1.75. The van der Waals surface area contributed by atoms with Gasteiger partial charge in [0.15, 0.2) is 5.78 Å². The molecule has 86 valence electrons. The normalized spacial score (nSPS) is 15.4. The first kappa shape index (κ1) is 11.3. The summed E-state index contributed by atoms with van der Waals surface area (Å²) in [4.78, 5) is 23.4. The molecule has 0 aromatic heterocycles. The van der Waals surface area contributed by atoms with Gasteiger partial charge >= 0.3 is 0 Å². The number of carbonyl (C=O) groups is 2. The number of allylic oxidation sites excluding steroid dienone is 3. The van der Waals surface area contributed by atoms with Crippen LogP contribution >= 0.6 is 0 Å². The van der Waals surface area contributed by atoms with Crippen molar-refractivity contribution >= 4 is 17.3 Å². The SMILES string of the molecule is CCC1=C(Nc2ccccc2)C(=O)C=CC1=O. The zero-order valence-corrected chi connectivity index (χ0v) is 9.57. The molecule has 17 heavy (non-hydrogen) atoms. The van der Waals surface area contributed by atoms with Gasteiger partial charge in [0.05, 0.1) is 5.70 Å². The Morgan fingerprint density at radius 1 is 1.00 bits per heavy atom. The fourth-order valence-corrected chi connectivity index (χ4v) is 1.76. The van der Waals surface area contributed by atoms with Crippen molar-refractivity contribution in [3.8, 4) is 0 Å². The third-order valence-corrected chi connectivity index (χ3v) is 2.63. The zero-order chi connectivity index (χ0) is 12.3. The summed E-state index contributed by atoms with van der Waals surface area (Å²) < 4.78 is 0. The molecule has 1 aromatic rings. The van der Waals surface area contributed by atoms with Crippen LogP contribution in [0.3, 0.4) is 0 Å². The number of rotatable bonds is 3. The molecule has 1 N–H and O–H groups in total. The standard InChI is InChI=1S/C14H13NO2/c1-2-11-12(16)8-9-13(17)14(11)15-10-6-4-3-5-7-10/h3-9,15H,2H2,1H3. The number of nitrogens with one attached hydrogen (secondary N) is 1. The maximum absolute atomic E-state index is 11.8. The molecule has 0 radical (unpaired) electrons. The van der Waals surface area contributed by atoms with Gasteiger partial charge in [0, 0.05) is 11.3 Å². The summed E-state index contributed by atoms with van der Waals surface area (Å²) >= 11 is 0. The van der Waals surface area contributed by atoms with Crippen LogP contribution in [-0.2, 0) is 9.59 Å². The second-order valence-corrected chi connectivity index (χ2v) is 3.76. The monoisotopic (exact) mass is 227 g/mol. The molecule has 0 saturated heterocycles. The maximum atomic E-state index is 11.8. The Labute approximate surface area is 99.8 Å². The van der Waals surface area contributed by atoms with Crippen LogP contribution in [0.4, 0.5) is 5.69 Å². The van der Waals surface area contributed by atoms with Gasteiger partial charge < -0.3 is 5.32 Å². The highest BCUT2D eigenvalue weighted by atomic mass is 16.1. The van der Waals surface area contributed by atoms with Crippen molar-refractivity contribution in [3.63, 3.8) is 0 Å². The van der Waals surface area contributed by atoms with Crippen LogP contribution in [0.15, 0.2) is 53.8 Å². The molecule has 3 heteroatoms. The second-order valence-electron chi connectivity index (χ2n) is 3.76. The first-order valence-electron chi connectivity index (χ1n) is 5.54. The molecule has 0 amide bonds. The quantitative estimate of drug-likeness (QED) is 0.807. The van der Waals surface area contributed by atoms with Crippen LogP contribution in [0.2, 0.25) is 0 Å². The molecule has 0 spiro atoms. The van der Waals surface area contributed by atoms with Crippen LogP contribution in [0.5, 0.6) is 0 Å². The minimum Gasteiger partial charge on any atom is -0.352 e. The van der Waals surface area contributed by atoms with Crippen LogP contribution in [0.25, 0.3) is 0 Å². The number of para-hydroxylation sites is 1. The molecular formula is C14H13NO2. The summed E-state index contributed by atoms with van der Waals surface area (Å²) in [5, 5.41) is 3.02. The number of ketones is 2. The first-order chi connectivity index (χ1) is 8.22. The van der Waals surface area contributed by atoms with Gasteiger partial charge in [-0.25, -0.2) is 0 Å². The molecule has 0 atom stereocenters. The molecule has 0 aliphatic heterocycles. The lowest BCUT2D eigenvalue weighted by molar-refractivity contribution is -0.115. The van der Waals surface area contributed by atoms with E-state index in [4.69, 9.17) is 0 Å². The fraction of sp³-hybridized carbons (Fsp3) is 0.143. The van der Waals surface area contributed by atoms with Gasteiger partial charge in [-0.3, -0.25) is 9.59 Å². The number of carbonyl (C=O) groups excluding carboxylic acids is 2. The molecule has 0 fully saturated rings. The number of hydrogen-bond donors (Lipinski definition) is 1. The minimum atomic E-state index is -0.148. The molecule has 0 bridgehead atoms. The zero-order valence-electron chi connectivity index (χ0n) is 9.57. The van der Waals surface area contributed by atoms with E-state index >= 15 is 0 Å². The van der Waals surface area contributed by atoms with Gasteiger partial charge in [-0.1, -0.05) is 25.1 Å². The van der Waals surface area contributed by atoms with E-state index in [0.717, 1.165) is 5.69 Å². The lowest BCUT2D eigenvalue weighted by atomic mass is 9.98. The van der Waals surface area contributed by atoms with Gasteiger partial charge in [-0.15, -0.1) is 0 Å². The van der Waals surface area contributed by atoms with E-state index in [1.165, 1.54) is 12.2 Å². The summed E-state index contributed by atoms with van der Waals surface area (Å²) in [6.07, 6.45) is 3.19. The smallest absolute Gasteiger partial charge is 0.202 e. The van der Waals surface area contributed by atoms with Crippen molar-refractivity contribution in [3.05, 3.63) is 53.8 Å². The molecule has 2 rings (SSSR count). The predicted octanol–water partition coefficient (Wildman–Crippen LogP) is 2.47. The number of benzene rings is 1. The molecule has 1 aromatic carbocycles. The van der Waals surface area contributed by atoms with Crippen LogP contribution in [0.1, 0.15) is 13.3 Å². The van der Waals surface area contributed by atoms with Crippen LogP contribution < -0.4 is 5.32 Å². The van der Waals surface area contributed by atoms with Crippen molar-refractivity contribution in [2.75, 3.05) is 5.32 Å². The van der Waals surface area contributed by atoms with E-state index < -0.39 is 0 Å². The summed E-state index contributed by atoms with van der Waals surface area (Å²) in [7, 11) is 0. The second kappa shape index (κ2) is 4.78. The topological polar surface area (TPSA) is 46.2 Å². The van der Waals surface area contributed by atoms with Gasteiger partial charge in [-0.05, 0) is 30.7 Å². The highest BCUT2D eigenvalue weighted by Gasteiger charge is 2.21. The largest absolute Gasteiger partial charge is 0.352 e. The van der Waals surface area contributed by atoms with Gasteiger partial charge in [0.2, 0.25) is 5.78 Å². The molecule has 1 aliphatic carbocycles. The number of anilines is 1. The summed E-state index contributed by atoms with van der Waals surface area (Å²) in [5.74, 6) is -0.240. The van der Waals surface area contributed by atoms with Gasteiger partial charge in [0.1, 0.15) is 0 Å². The fourth-order valence-electron chi connectivity index (χ4n) is 1.76. The van der Waals surface area contributed by atoms with E-state index in [-0.39, 0.29) is 11.6 Å². The molecule has 1 aliphatic rings. The molecule has 0 heterocycles. The first-order valence-corrected chi connectivity index (χ1v) is 5.54.